The summed E-state index contributed by atoms with van der Waals surface area (Å²) in [6.45, 7) is 4.85. The number of aromatic nitrogens is 3. The van der Waals surface area contributed by atoms with Gasteiger partial charge in [0.15, 0.2) is 5.82 Å². The molecule has 102 valence electrons. The highest BCUT2D eigenvalue weighted by molar-refractivity contribution is 5.56. The zero-order chi connectivity index (χ0) is 14.0. The topological polar surface area (TPSA) is 56.7 Å². The van der Waals surface area contributed by atoms with Crippen molar-refractivity contribution in [1.29, 1.82) is 0 Å². The molecular formula is C13H16F2N4. The predicted octanol–water partition coefficient (Wildman–Crippen LogP) is 2.34. The summed E-state index contributed by atoms with van der Waals surface area (Å²) in [5, 5.41) is 7.87. The second kappa shape index (κ2) is 5.44. The fourth-order valence-electron chi connectivity index (χ4n) is 1.91. The summed E-state index contributed by atoms with van der Waals surface area (Å²) in [5.41, 5.74) is 5.70. The third kappa shape index (κ3) is 2.78. The van der Waals surface area contributed by atoms with Crippen LogP contribution in [0.15, 0.2) is 18.2 Å². The fourth-order valence-corrected chi connectivity index (χ4v) is 1.91. The van der Waals surface area contributed by atoms with E-state index in [1.54, 1.807) is 4.57 Å². The molecule has 0 bridgehead atoms. The molecule has 2 aromatic rings. The van der Waals surface area contributed by atoms with Crippen molar-refractivity contribution in [3.05, 3.63) is 35.7 Å². The Labute approximate surface area is 110 Å². The van der Waals surface area contributed by atoms with Gasteiger partial charge < -0.3 is 10.3 Å². The number of benzene rings is 1. The van der Waals surface area contributed by atoms with Crippen LogP contribution in [0.25, 0.3) is 11.4 Å². The summed E-state index contributed by atoms with van der Waals surface area (Å²) < 4.78 is 28.8. The highest BCUT2D eigenvalue weighted by Gasteiger charge is 2.17. The van der Waals surface area contributed by atoms with Gasteiger partial charge in [0.2, 0.25) is 0 Å². The van der Waals surface area contributed by atoms with Gasteiger partial charge in [-0.2, -0.15) is 0 Å². The first kappa shape index (κ1) is 13.6. The Morgan fingerprint density at radius 2 is 2.00 bits per heavy atom. The molecular weight excluding hydrogens is 250 g/mol. The zero-order valence-electron chi connectivity index (χ0n) is 10.9. The lowest BCUT2D eigenvalue weighted by Gasteiger charge is -2.12. The van der Waals surface area contributed by atoms with Crippen LogP contribution in [0, 0.1) is 17.6 Å². The number of halogens is 2. The minimum Gasteiger partial charge on any atom is -0.324 e. The van der Waals surface area contributed by atoms with Crippen molar-refractivity contribution >= 4 is 0 Å². The molecule has 0 saturated carbocycles. The Kier molecular flexibility index (Phi) is 3.90. The summed E-state index contributed by atoms with van der Waals surface area (Å²) in [7, 11) is 0. The van der Waals surface area contributed by atoms with Crippen molar-refractivity contribution in [1.82, 2.24) is 14.8 Å². The van der Waals surface area contributed by atoms with Crippen LogP contribution in [0.1, 0.15) is 19.7 Å². The van der Waals surface area contributed by atoms with Gasteiger partial charge >= 0.3 is 0 Å². The maximum Gasteiger partial charge on any atom is 0.167 e. The Balaban J connectivity index is 2.55. The molecule has 4 nitrogen and oxygen atoms in total. The van der Waals surface area contributed by atoms with Gasteiger partial charge in [-0.3, -0.25) is 0 Å². The molecule has 1 heterocycles. The van der Waals surface area contributed by atoms with Crippen LogP contribution in [0.3, 0.4) is 0 Å². The first-order chi connectivity index (χ1) is 9.02. The van der Waals surface area contributed by atoms with E-state index in [4.69, 9.17) is 5.73 Å². The molecule has 2 rings (SSSR count). The van der Waals surface area contributed by atoms with Gasteiger partial charge in [-0.1, -0.05) is 13.8 Å². The fraction of sp³-hybridized carbons (Fsp3) is 0.385. The van der Waals surface area contributed by atoms with Gasteiger partial charge in [-0.05, 0) is 24.1 Å². The molecule has 0 radical (unpaired) electrons. The number of nitrogens with zero attached hydrogens (tertiary/aromatic N) is 3. The van der Waals surface area contributed by atoms with Crippen LogP contribution in [-0.4, -0.2) is 14.8 Å². The molecule has 19 heavy (non-hydrogen) atoms. The van der Waals surface area contributed by atoms with E-state index >= 15 is 0 Å². The first-order valence-corrected chi connectivity index (χ1v) is 6.10. The van der Waals surface area contributed by atoms with Crippen molar-refractivity contribution in [2.75, 3.05) is 0 Å². The number of rotatable bonds is 4. The van der Waals surface area contributed by atoms with Crippen molar-refractivity contribution < 1.29 is 8.78 Å². The lowest BCUT2D eigenvalue weighted by molar-refractivity contribution is 0.508. The molecule has 0 aliphatic rings. The molecule has 0 aliphatic heterocycles. The lowest BCUT2D eigenvalue weighted by atomic mass is 10.1. The van der Waals surface area contributed by atoms with Gasteiger partial charge in [0.1, 0.15) is 17.5 Å². The molecule has 0 unspecified atom stereocenters. The molecule has 1 aromatic carbocycles. The summed E-state index contributed by atoms with van der Waals surface area (Å²) in [4.78, 5) is 0. The molecule has 0 atom stereocenters. The summed E-state index contributed by atoms with van der Waals surface area (Å²) in [6, 6.07) is 3.28. The number of nitrogens with two attached hydrogens (primary N) is 1. The molecule has 6 heteroatoms. The van der Waals surface area contributed by atoms with Gasteiger partial charge in [0, 0.05) is 6.54 Å². The van der Waals surface area contributed by atoms with Gasteiger partial charge in [0.05, 0.1) is 12.1 Å². The third-order valence-electron chi connectivity index (χ3n) is 2.73. The highest BCUT2D eigenvalue weighted by atomic mass is 19.1. The Morgan fingerprint density at radius 1 is 1.26 bits per heavy atom. The first-order valence-electron chi connectivity index (χ1n) is 6.10. The third-order valence-corrected chi connectivity index (χ3v) is 2.73. The molecule has 0 fully saturated rings. The summed E-state index contributed by atoms with van der Waals surface area (Å²) in [5.74, 6) is 0.155. The van der Waals surface area contributed by atoms with E-state index in [9.17, 15) is 8.78 Å². The Morgan fingerprint density at radius 3 is 2.63 bits per heavy atom. The molecule has 0 spiro atoms. The van der Waals surface area contributed by atoms with Crippen LogP contribution in [0.5, 0.6) is 0 Å². The average Bonchev–Trinajstić information content (AvgIpc) is 2.74. The van der Waals surface area contributed by atoms with E-state index in [1.807, 2.05) is 13.8 Å². The lowest BCUT2D eigenvalue weighted by Crippen LogP contribution is -2.13. The summed E-state index contributed by atoms with van der Waals surface area (Å²) >= 11 is 0. The molecule has 0 aliphatic carbocycles. The van der Waals surface area contributed by atoms with Crippen LogP contribution in [-0.2, 0) is 13.1 Å². The van der Waals surface area contributed by atoms with Crippen molar-refractivity contribution in [2.24, 2.45) is 11.7 Å². The van der Waals surface area contributed by atoms with Crippen LogP contribution >= 0.6 is 0 Å². The van der Waals surface area contributed by atoms with Crippen LogP contribution in [0.4, 0.5) is 8.78 Å². The second-order valence-electron chi connectivity index (χ2n) is 4.77. The monoisotopic (exact) mass is 266 g/mol. The average molecular weight is 266 g/mol. The molecule has 1 aromatic heterocycles. The number of hydrogen-bond donors (Lipinski definition) is 1. The number of hydrogen-bond acceptors (Lipinski definition) is 3. The van der Waals surface area contributed by atoms with E-state index in [-0.39, 0.29) is 12.1 Å². The Hall–Kier alpha value is -1.82. The van der Waals surface area contributed by atoms with E-state index in [0.29, 0.717) is 24.1 Å². The maximum atomic E-state index is 13.8. The smallest absolute Gasteiger partial charge is 0.167 e. The van der Waals surface area contributed by atoms with E-state index in [0.717, 1.165) is 18.2 Å². The van der Waals surface area contributed by atoms with E-state index in [1.165, 1.54) is 0 Å². The van der Waals surface area contributed by atoms with E-state index < -0.39 is 11.6 Å². The maximum absolute atomic E-state index is 13.8. The molecule has 0 amide bonds. The van der Waals surface area contributed by atoms with E-state index in [2.05, 4.69) is 10.2 Å². The summed E-state index contributed by atoms with van der Waals surface area (Å²) in [6.07, 6.45) is 0. The minimum absolute atomic E-state index is 0.104. The largest absolute Gasteiger partial charge is 0.324 e. The normalized spacial score (nSPS) is 11.3. The molecule has 0 saturated heterocycles. The van der Waals surface area contributed by atoms with Crippen molar-refractivity contribution in [3.63, 3.8) is 0 Å². The Bertz CT molecular complexity index is 578. The van der Waals surface area contributed by atoms with Crippen LogP contribution in [0.2, 0.25) is 0 Å². The van der Waals surface area contributed by atoms with Crippen molar-refractivity contribution in [2.45, 2.75) is 26.9 Å². The quantitative estimate of drug-likeness (QED) is 0.924. The van der Waals surface area contributed by atoms with Gasteiger partial charge in [-0.25, -0.2) is 8.78 Å². The van der Waals surface area contributed by atoms with Crippen molar-refractivity contribution in [3.8, 4) is 11.4 Å². The molecule has 2 N–H and O–H groups in total. The predicted molar refractivity (Wildman–Crippen MR) is 68.1 cm³/mol. The van der Waals surface area contributed by atoms with Gasteiger partial charge in [-0.15, -0.1) is 10.2 Å². The second-order valence-corrected chi connectivity index (χ2v) is 4.77. The zero-order valence-corrected chi connectivity index (χ0v) is 10.9. The highest BCUT2D eigenvalue weighted by Crippen LogP contribution is 2.23. The van der Waals surface area contributed by atoms with Gasteiger partial charge in [0.25, 0.3) is 0 Å². The van der Waals surface area contributed by atoms with Crippen LogP contribution < -0.4 is 5.73 Å². The standard InChI is InChI=1S/C13H16F2N4/c1-8(2)7-19-12(6-16)17-18-13(19)10-5-9(14)3-4-11(10)15/h3-5,8H,6-7,16H2,1-2H3. The minimum atomic E-state index is -0.526. The SMILES string of the molecule is CC(C)Cn1c(CN)nnc1-c1cc(F)ccc1F.